The van der Waals surface area contributed by atoms with E-state index in [9.17, 15) is 4.57 Å². The number of rotatable bonds is 2. The SMILES string of the molecule is [B]C1CC(O)=C(/C=C/P(=O)(O)O)O1. The van der Waals surface area contributed by atoms with Gasteiger partial charge in [0.25, 0.3) is 0 Å². The number of allylic oxidation sites excluding steroid dienone is 1. The van der Waals surface area contributed by atoms with E-state index < -0.39 is 13.6 Å². The van der Waals surface area contributed by atoms with Crippen LogP contribution in [0.4, 0.5) is 0 Å². The van der Waals surface area contributed by atoms with E-state index in [1.807, 2.05) is 0 Å². The molecule has 3 N–H and O–H groups in total. The minimum atomic E-state index is -4.21. The lowest BCUT2D eigenvalue weighted by molar-refractivity contribution is 0.221. The first-order chi connectivity index (χ1) is 5.88. The van der Waals surface area contributed by atoms with Crippen molar-refractivity contribution in [3.8, 4) is 0 Å². The summed E-state index contributed by atoms with van der Waals surface area (Å²) in [5, 5.41) is 9.13. The standard InChI is InChI=1S/C6H8BO5P/c7-6-3-4(8)5(12-6)1-2-13(9,10)11/h1-2,6,8H,3H2,(H2,9,10,11)/b2-1+. The fourth-order valence-electron chi connectivity index (χ4n) is 0.864. The first-order valence-electron chi connectivity index (χ1n) is 3.47. The van der Waals surface area contributed by atoms with Crippen molar-refractivity contribution in [2.24, 2.45) is 0 Å². The summed E-state index contributed by atoms with van der Waals surface area (Å²) in [5.74, 6) is 0.560. The van der Waals surface area contributed by atoms with Crippen LogP contribution < -0.4 is 0 Å². The van der Waals surface area contributed by atoms with Crippen molar-refractivity contribution in [3.63, 3.8) is 0 Å². The maximum Gasteiger partial charge on any atom is 0.349 e. The Kier molecular flexibility index (Phi) is 2.85. The van der Waals surface area contributed by atoms with Crippen molar-refractivity contribution in [2.75, 3.05) is 0 Å². The number of hydrogen-bond acceptors (Lipinski definition) is 3. The predicted octanol–water partition coefficient (Wildman–Crippen LogP) is 0.362. The zero-order valence-corrected chi connectivity index (χ0v) is 7.52. The normalized spacial score (nSPS) is 24.0. The predicted molar refractivity (Wildman–Crippen MR) is 46.1 cm³/mol. The van der Waals surface area contributed by atoms with Gasteiger partial charge in [-0.05, 0) is 6.08 Å². The molecule has 1 rings (SSSR count). The van der Waals surface area contributed by atoms with Gasteiger partial charge in [-0.2, -0.15) is 0 Å². The van der Waals surface area contributed by atoms with Gasteiger partial charge in [0.05, 0.1) is 6.00 Å². The average Bonchev–Trinajstić information content (AvgIpc) is 2.24. The largest absolute Gasteiger partial charge is 0.508 e. The van der Waals surface area contributed by atoms with Gasteiger partial charge in [-0.3, -0.25) is 4.57 Å². The third-order valence-electron chi connectivity index (χ3n) is 1.38. The Balaban J connectivity index is 2.71. The summed E-state index contributed by atoms with van der Waals surface area (Å²) in [7, 11) is 1.09. The number of ether oxygens (including phenoxy) is 1. The summed E-state index contributed by atoms with van der Waals surface area (Å²) in [4.78, 5) is 16.9. The Morgan fingerprint density at radius 1 is 1.62 bits per heavy atom. The molecule has 0 amide bonds. The molecule has 7 heteroatoms. The molecule has 1 aliphatic rings. The van der Waals surface area contributed by atoms with Gasteiger partial charge < -0.3 is 19.6 Å². The van der Waals surface area contributed by atoms with Crippen molar-refractivity contribution in [3.05, 3.63) is 23.4 Å². The van der Waals surface area contributed by atoms with Crippen molar-refractivity contribution < 1.29 is 24.2 Å². The second kappa shape index (κ2) is 3.58. The van der Waals surface area contributed by atoms with Crippen molar-refractivity contribution >= 4 is 15.4 Å². The Morgan fingerprint density at radius 3 is 2.62 bits per heavy atom. The van der Waals surface area contributed by atoms with Gasteiger partial charge in [0.1, 0.15) is 13.6 Å². The van der Waals surface area contributed by atoms with Gasteiger partial charge in [0.15, 0.2) is 5.76 Å². The Labute approximate surface area is 76.3 Å². The molecule has 0 spiro atoms. The lowest BCUT2D eigenvalue weighted by Gasteiger charge is -2.03. The fraction of sp³-hybridized carbons (Fsp3) is 0.333. The highest BCUT2D eigenvalue weighted by Crippen LogP contribution is 2.37. The molecule has 0 saturated carbocycles. The van der Waals surface area contributed by atoms with Crippen LogP contribution in [0.3, 0.4) is 0 Å². The Hall–Kier alpha value is -0.705. The van der Waals surface area contributed by atoms with E-state index in [0.29, 0.717) is 5.82 Å². The molecular formula is C6H8BO5P. The van der Waals surface area contributed by atoms with Crippen molar-refractivity contribution in [1.82, 2.24) is 0 Å². The molecule has 0 aromatic rings. The Morgan fingerprint density at radius 2 is 2.23 bits per heavy atom. The van der Waals surface area contributed by atoms with Gasteiger partial charge in [-0.1, -0.05) is 0 Å². The van der Waals surface area contributed by atoms with E-state index >= 15 is 0 Å². The van der Waals surface area contributed by atoms with Crippen LogP contribution in [0.1, 0.15) is 6.42 Å². The van der Waals surface area contributed by atoms with Gasteiger partial charge in [0.2, 0.25) is 0 Å². The molecule has 5 nitrogen and oxygen atoms in total. The van der Waals surface area contributed by atoms with E-state index in [-0.39, 0.29) is 17.9 Å². The summed E-state index contributed by atoms with van der Waals surface area (Å²) in [6.45, 7) is 0. The van der Waals surface area contributed by atoms with Crippen LogP contribution in [0, 0.1) is 0 Å². The van der Waals surface area contributed by atoms with Crippen molar-refractivity contribution in [1.29, 1.82) is 0 Å². The molecule has 0 aliphatic carbocycles. The molecular weight excluding hydrogens is 194 g/mol. The second-order valence-electron chi connectivity index (χ2n) is 2.58. The minimum absolute atomic E-state index is 0.0100. The monoisotopic (exact) mass is 202 g/mol. The molecule has 1 unspecified atom stereocenters. The third-order valence-corrected chi connectivity index (χ3v) is 1.91. The zero-order valence-electron chi connectivity index (χ0n) is 6.62. The molecule has 0 saturated heterocycles. The molecule has 0 aromatic heterocycles. The summed E-state index contributed by atoms with van der Waals surface area (Å²) in [5.41, 5.74) is 0. The third kappa shape index (κ3) is 3.26. The molecule has 1 atom stereocenters. The maximum absolute atomic E-state index is 10.4. The zero-order chi connectivity index (χ0) is 10.1. The lowest BCUT2D eigenvalue weighted by Crippen LogP contribution is -2.03. The van der Waals surface area contributed by atoms with E-state index in [2.05, 4.69) is 0 Å². The minimum Gasteiger partial charge on any atom is -0.508 e. The van der Waals surface area contributed by atoms with Crippen LogP contribution in [-0.2, 0) is 9.30 Å². The summed E-state index contributed by atoms with van der Waals surface area (Å²) < 4.78 is 15.2. The summed E-state index contributed by atoms with van der Waals surface area (Å²) >= 11 is 0. The average molecular weight is 202 g/mol. The first kappa shape index (κ1) is 10.4. The molecule has 1 heterocycles. The summed E-state index contributed by atoms with van der Waals surface area (Å²) in [6, 6.07) is -0.642. The summed E-state index contributed by atoms with van der Waals surface area (Å²) in [6.07, 6.45) is 1.17. The first-order valence-corrected chi connectivity index (χ1v) is 5.15. The van der Waals surface area contributed by atoms with E-state index in [1.165, 1.54) is 0 Å². The van der Waals surface area contributed by atoms with Crippen LogP contribution in [0.15, 0.2) is 23.4 Å². The molecule has 0 fully saturated rings. The molecule has 0 aromatic carbocycles. The molecule has 70 valence electrons. The van der Waals surface area contributed by atoms with Gasteiger partial charge >= 0.3 is 7.60 Å². The van der Waals surface area contributed by atoms with Crippen LogP contribution in [0.2, 0.25) is 0 Å². The second-order valence-corrected chi connectivity index (χ2v) is 4.05. The van der Waals surface area contributed by atoms with Crippen molar-refractivity contribution in [2.45, 2.75) is 12.4 Å². The quantitative estimate of drug-likeness (QED) is 0.444. The van der Waals surface area contributed by atoms with Crippen LogP contribution >= 0.6 is 7.60 Å². The number of aliphatic hydroxyl groups excluding tert-OH is 1. The molecule has 0 bridgehead atoms. The number of hydrogen-bond donors (Lipinski definition) is 3. The highest BCUT2D eigenvalue weighted by atomic mass is 31.2. The number of aliphatic hydroxyl groups is 1. The van der Waals surface area contributed by atoms with E-state index in [0.717, 1.165) is 6.08 Å². The van der Waals surface area contributed by atoms with E-state index in [1.54, 1.807) is 0 Å². The maximum atomic E-state index is 10.4. The Bertz CT molecular complexity index is 304. The van der Waals surface area contributed by atoms with Crippen LogP contribution in [0.25, 0.3) is 0 Å². The lowest BCUT2D eigenvalue weighted by atomic mass is 9.98. The van der Waals surface area contributed by atoms with Crippen LogP contribution in [0.5, 0.6) is 0 Å². The molecule has 13 heavy (non-hydrogen) atoms. The molecule has 2 radical (unpaired) electrons. The van der Waals surface area contributed by atoms with Gasteiger partial charge in [0, 0.05) is 12.2 Å². The van der Waals surface area contributed by atoms with Gasteiger partial charge in [-0.15, -0.1) is 0 Å². The highest BCUT2D eigenvalue weighted by molar-refractivity contribution is 7.55. The topological polar surface area (TPSA) is 87.0 Å². The molecule has 1 aliphatic heterocycles. The smallest absolute Gasteiger partial charge is 0.349 e. The van der Waals surface area contributed by atoms with E-state index in [4.69, 9.17) is 27.5 Å². The van der Waals surface area contributed by atoms with Gasteiger partial charge in [-0.25, -0.2) is 0 Å². The van der Waals surface area contributed by atoms with Crippen LogP contribution in [-0.4, -0.2) is 28.7 Å². The highest BCUT2D eigenvalue weighted by Gasteiger charge is 2.20. The fourth-order valence-corrected chi connectivity index (χ4v) is 1.19.